The zero-order valence-electron chi connectivity index (χ0n) is 21.6. The molecule has 3 aromatic rings. The third-order valence-corrected chi connectivity index (χ3v) is 5.99. The van der Waals surface area contributed by atoms with Crippen molar-refractivity contribution in [1.29, 1.82) is 0 Å². The molecule has 1 aromatic heterocycles. The molecule has 37 heavy (non-hydrogen) atoms. The maximum absolute atomic E-state index is 12.8. The van der Waals surface area contributed by atoms with Gasteiger partial charge in [0, 0.05) is 19.6 Å². The molecule has 0 saturated carbocycles. The van der Waals surface area contributed by atoms with Crippen molar-refractivity contribution in [3.05, 3.63) is 60.4 Å². The van der Waals surface area contributed by atoms with Crippen LogP contribution in [0.15, 0.2) is 54.9 Å². The Labute approximate surface area is 216 Å². The van der Waals surface area contributed by atoms with Gasteiger partial charge in [-0.1, -0.05) is 24.3 Å². The number of carbonyl (C=O) groups is 2. The van der Waals surface area contributed by atoms with Gasteiger partial charge in [0.2, 0.25) is 0 Å². The highest BCUT2D eigenvalue weighted by molar-refractivity contribution is 5.75. The highest BCUT2D eigenvalue weighted by Crippen LogP contribution is 2.22. The van der Waals surface area contributed by atoms with Crippen LogP contribution in [0.3, 0.4) is 0 Å². The molecule has 1 fully saturated rings. The van der Waals surface area contributed by atoms with Crippen molar-refractivity contribution in [1.82, 2.24) is 20.2 Å². The summed E-state index contributed by atoms with van der Waals surface area (Å²) in [4.78, 5) is 29.5. The minimum absolute atomic E-state index is 0.260. The van der Waals surface area contributed by atoms with E-state index in [1.807, 2.05) is 53.1 Å². The van der Waals surface area contributed by atoms with Crippen LogP contribution >= 0.6 is 0 Å². The highest BCUT2D eigenvalue weighted by atomic mass is 16.7. The van der Waals surface area contributed by atoms with Crippen molar-refractivity contribution < 1.29 is 28.5 Å². The van der Waals surface area contributed by atoms with Crippen LogP contribution in [-0.4, -0.2) is 65.8 Å². The number of ether oxygens (including phenoxy) is 4. The fourth-order valence-corrected chi connectivity index (χ4v) is 4.26. The number of carbonyl (C=O) groups excluding carboxylic acids is 2. The van der Waals surface area contributed by atoms with E-state index < -0.39 is 30.1 Å². The Bertz CT molecular complexity index is 1200. The largest absolute Gasteiger partial charge is 0.509 e. The highest BCUT2D eigenvalue weighted by Gasteiger charge is 2.42. The summed E-state index contributed by atoms with van der Waals surface area (Å²) in [6.45, 7) is 6.50. The third-order valence-electron chi connectivity index (χ3n) is 5.99. The van der Waals surface area contributed by atoms with E-state index in [4.69, 9.17) is 18.9 Å². The van der Waals surface area contributed by atoms with E-state index in [9.17, 15) is 9.59 Å². The molecule has 0 aliphatic carbocycles. The van der Waals surface area contributed by atoms with E-state index in [1.54, 1.807) is 34.2 Å². The van der Waals surface area contributed by atoms with Crippen molar-refractivity contribution in [2.45, 2.75) is 57.6 Å². The molecule has 1 saturated heterocycles. The number of hydrogen-bond donors (Lipinski definition) is 2. The molecule has 10 nitrogen and oxygen atoms in total. The van der Waals surface area contributed by atoms with Gasteiger partial charge in [0.15, 0.2) is 12.2 Å². The van der Waals surface area contributed by atoms with Crippen LogP contribution in [0.25, 0.3) is 11.0 Å². The summed E-state index contributed by atoms with van der Waals surface area (Å²) in [6.07, 6.45) is -0.475. The number of rotatable bonds is 8. The summed E-state index contributed by atoms with van der Waals surface area (Å²) in [5.41, 5.74) is 2.21. The molecule has 0 radical (unpaired) electrons. The first-order chi connectivity index (χ1) is 17.7. The fraction of sp³-hybridized carbons (Fsp3) is 0.444. The zero-order chi connectivity index (χ0) is 26.4. The Morgan fingerprint density at radius 2 is 1.86 bits per heavy atom. The lowest BCUT2D eigenvalue weighted by molar-refractivity contribution is -0.0517. The topological polar surface area (TPSA) is 113 Å². The Hall–Kier alpha value is -3.79. The van der Waals surface area contributed by atoms with E-state index in [2.05, 4.69) is 15.6 Å². The normalized spacial score (nSPS) is 19.4. The molecular formula is C27H34N4O6. The molecule has 2 heterocycles. The zero-order valence-corrected chi connectivity index (χ0v) is 21.6. The predicted octanol–water partition coefficient (Wildman–Crippen LogP) is 3.67. The van der Waals surface area contributed by atoms with Gasteiger partial charge in [-0.2, -0.15) is 0 Å². The van der Waals surface area contributed by atoms with Gasteiger partial charge in [0.25, 0.3) is 0 Å². The van der Waals surface area contributed by atoms with Gasteiger partial charge in [-0.3, -0.25) is 0 Å². The SMILES string of the molecule is COc1ccc(C[C@H]2NC[C@H](OC(=O)OC(C)(C)C)[C@H]2OC(=O)NCCn2cnc3ccccc32)cc1. The van der Waals surface area contributed by atoms with Crippen LogP contribution < -0.4 is 15.4 Å². The first-order valence-electron chi connectivity index (χ1n) is 12.3. The lowest BCUT2D eigenvalue weighted by atomic mass is 10.0. The molecule has 3 atom stereocenters. The number of methoxy groups -OCH3 is 1. The summed E-state index contributed by atoms with van der Waals surface area (Å²) in [5.74, 6) is 0.757. The molecule has 1 aliphatic heterocycles. The van der Waals surface area contributed by atoms with Gasteiger partial charge in [-0.05, 0) is 57.0 Å². The van der Waals surface area contributed by atoms with Crippen molar-refractivity contribution in [3.63, 3.8) is 0 Å². The number of para-hydroxylation sites is 2. The molecule has 2 aromatic carbocycles. The van der Waals surface area contributed by atoms with Gasteiger partial charge in [-0.25, -0.2) is 14.6 Å². The van der Waals surface area contributed by atoms with Crippen LogP contribution in [0.4, 0.5) is 9.59 Å². The smallest absolute Gasteiger partial charge is 0.497 e. The Balaban J connectivity index is 1.38. The standard InChI is InChI=1S/C27H34N4O6/c1-27(2,3)37-26(33)35-23-16-29-21(15-18-9-11-19(34-4)12-10-18)24(23)36-25(32)28-13-14-31-17-30-20-7-5-6-8-22(20)31/h5-12,17,21,23-24,29H,13-16H2,1-4H3,(H,28,32)/t21-,23+,24+/m1/s1. The Morgan fingerprint density at radius 1 is 1.11 bits per heavy atom. The van der Waals surface area contributed by atoms with Crippen molar-refractivity contribution >= 4 is 23.3 Å². The number of nitrogens with one attached hydrogen (secondary N) is 2. The van der Waals surface area contributed by atoms with E-state index in [0.717, 1.165) is 22.3 Å². The second kappa shape index (κ2) is 11.5. The van der Waals surface area contributed by atoms with Crippen LogP contribution in [0.1, 0.15) is 26.3 Å². The molecule has 1 amide bonds. The molecule has 0 unspecified atom stereocenters. The molecular weight excluding hydrogens is 476 g/mol. The van der Waals surface area contributed by atoms with Gasteiger partial charge in [-0.15, -0.1) is 0 Å². The minimum Gasteiger partial charge on any atom is -0.497 e. The average Bonchev–Trinajstić information content (AvgIpc) is 3.42. The molecule has 0 spiro atoms. The van der Waals surface area contributed by atoms with E-state index in [1.165, 1.54) is 0 Å². The quantitative estimate of drug-likeness (QED) is 0.442. The first-order valence-corrected chi connectivity index (χ1v) is 12.3. The van der Waals surface area contributed by atoms with Crippen molar-refractivity contribution in [2.24, 2.45) is 0 Å². The van der Waals surface area contributed by atoms with Gasteiger partial charge < -0.3 is 34.1 Å². The molecule has 0 bridgehead atoms. The number of hydrogen-bond acceptors (Lipinski definition) is 8. The monoisotopic (exact) mass is 510 g/mol. The fourth-order valence-electron chi connectivity index (χ4n) is 4.26. The summed E-state index contributed by atoms with van der Waals surface area (Å²) < 4.78 is 23.9. The Kier molecular flexibility index (Phi) is 8.17. The number of fused-ring (bicyclic) bond motifs is 1. The predicted molar refractivity (Wildman–Crippen MR) is 138 cm³/mol. The maximum atomic E-state index is 12.8. The molecule has 4 rings (SSSR count). The molecule has 198 valence electrons. The second-order valence-corrected chi connectivity index (χ2v) is 9.91. The van der Waals surface area contributed by atoms with E-state index >= 15 is 0 Å². The maximum Gasteiger partial charge on any atom is 0.509 e. The number of amides is 1. The van der Waals surface area contributed by atoms with Crippen LogP contribution in [-0.2, 0) is 27.2 Å². The van der Waals surface area contributed by atoms with Crippen molar-refractivity contribution in [2.75, 3.05) is 20.2 Å². The molecule has 2 N–H and O–H groups in total. The molecule has 1 aliphatic rings. The first kappa shape index (κ1) is 26.3. The number of benzene rings is 2. The number of nitrogens with zero attached hydrogens (tertiary/aromatic N) is 2. The van der Waals surface area contributed by atoms with Crippen LogP contribution in [0.5, 0.6) is 5.75 Å². The summed E-state index contributed by atoms with van der Waals surface area (Å²) in [6, 6.07) is 15.2. The lowest BCUT2D eigenvalue weighted by Crippen LogP contribution is -2.43. The summed E-state index contributed by atoms with van der Waals surface area (Å²) >= 11 is 0. The summed E-state index contributed by atoms with van der Waals surface area (Å²) in [5, 5.41) is 6.12. The molecule has 10 heteroatoms. The van der Waals surface area contributed by atoms with Gasteiger partial charge in [0.1, 0.15) is 11.4 Å². The van der Waals surface area contributed by atoms with Crippen molar-refractivity contribution in [3.8, 4) is 5.75 Å². The van der Waals surface area contributed by atoms with Gasteiger partial charge in [0.05, 0.1) is 30.5 Å². The van der Waals surface area contributed by atoms with Gasteiger partial charge >= 0.3 is 12.2 Å². The lowest BCUT2D eigenvalue weighted by Gasteiger charge is -2.26. The summed E-state index contributed by atoms with van der Waals surface area (Å²) in [7, 11) is 1.61. The Morgan fingerprint density at radius 3 is 2.59 bits per heavy atom. The minimum atomic E-state index is -0.801. The average molecular weight is 511 g/mol. The van der Waals surface area contributed by atoms with Crippen LogP contribution in [0.2, 0.25) is 0 Å². The third kappa shape index (κ3) is 7.13. The van der Waals surface area contributed by atoms with E-state index in [0.29, 0.717) is 26.1 Å². The second-order valence-electron chi connectivity index (χ2n) is 9.91. The van der Waals surface area contributed by atoms with E-state index in [-0.39, 0.29) is 6.04 Å². The number of alkyl carbamates (subject to hydrolysis) is 1. The van der Waals surface area contributed by atoms with Crippen LogP contribution in [0, 0.1) is 0 Å². The number of aromatic nitrogens is 2. The number of imidazole rings is 1.